The van der Waals surface area contributed by atoms with Gasteiger partial charge in [-0.05, 0) is 57.5 Å². The third-order valence-corrected chi connectivity index (χ3v) is 5.43. The molecule has 0 atom stereocenters. The minimum absolute atomic E-state index is 0.00413. The van der Waals surface area contributed by atoms with Crippen molar-refractivity contribution in [1.29, 1.82) is 0 Å². The molecule has 25 heavy (non-hydrogen) atoms. The third kappa shape index (κ3) is 5.41. The average molecular weight is 380 g/mol. The highest BCUT2D eigenvalue weighted by atomic mass is 32.1. The normalized spacial score (nSPS) is 11.8. The Kier molecular flexibility index (Phi) is 6.41. The molecule has 0 unspecified atom stereocenters. The van der Waals surface area contributed by atoms with E-state index in [0.717, 1.165) is 9.75 Å². The van der Waals surface area contributed by atoms with Crippen molar-refractivity contribution in [2.75, 3.05) is 6.54 Å². The van der Waals surface area contributed by atoms with Gasteiger partial charge in [0.25, 0.3) is 0 Å². The molecular weight excluding hydrogens is 354 g/mol. The largest absolute Gasteiger partial charge is 0.444 e. The standard InChI is InChI=1S/C19H25NO3S2/c1-13(2)20(18(22)23-19(3,4)5)12-14(21)17(15-8-6-10-24-15)16-9-7-11-25-16/h6-11,13,17H,12H2,1-5H3. The van der Waals surface area contributed by atoms with Crippen LogP contribution >= 0.6 is 22.7 Å². The Hall–Kier alpha value is -1.66. The number of carbonyl (C=O) groups is 2. The van der Waals surface area contributed by atoms with Crippen LogP contribution in [-0.2, 0) is 9.53 Å². The highest BCUT2D eigenvalue weighted by Crippen LogP contribution is 2.32. The van der Waals surface area contributed by atoms with Gasteiger partial charge in [0.15, 0.2) is 5.78 Å². The predicted octanol–water partition coefficient (Wildman–Crippen LogP) is 5.16. The van der Waals surface area contributed by atoms with Gasteiger partial charge in [0, 0.05) is 15.8 Å². The second kappa shape index (κ2) is 8.15. The van der Waals surface area contributed by atoms with Crippen LogP contribution < -0.4 is 0 Å². The summed E-state index contributed by atoms with van der Waals surface area (Å²) >= 11 is 3.13. The number of hydrogen-bond acceptors (Lipinski definition) is 5. The Morgan fingerprint density at radius 2 is 1.60 bits per heavy atom. The summed E-state index contributed by atoms with van der Waals surface area (Å²) in [5.74, 6) is -0.326. The van der Waals surface area contributed by atoms with Crippen LogP contribution in [0.15, 0.2) is 35.0 Å². The number of ether oxygens (including phenoxy) is 1. The molecule has 2 rings (SSSR count). The molecule has 0 aliphatic carbocycles. The summed E-state index contributed by atoms with van der Waals surface area (Å²) in [6.45, 7) is 9.29. The summed E-state index contributed by atoms with van der Waals surface area (Å²) < 4.78 is 5.46. The number of thiophene rings is 2. The third-order valence-electron chi connectivity index (χ3n) is 3.55. The van der Waals surface area contributed by atoms with Crippen LogP contribution in [0.5, 0.6) is 0 Å². The SMILES string of the molecule is CC(C)N(CC(=O)C(c1cccs1)c1cccs1)C(=O)OC(C)(C)C. The van der Waals surface area contributed by atoms with Crippen molar-refractivity contribution < 1.29 is 14.3 Å². The quantitative estimate of drug-likeness (QED) is 0.697. The van der Waals surface area contributed by atoms with Crippen LogP contribution in [0, 0.1) is 0 Å². The van der Waals surface area contributed by atoms with E-state index < -0.39 is 11.7 Å². The first-order valence-electron chi connectivity index (χ1n) is 8.28. The van der Waals surface area contributed by atoms with Crippen molar-refractivity contribution in [3.05, 3.63) is 44.8 Å². The molecule has 4 nitrogen and oxygen atoms in total. The lowest BCUT2D eigenvalue weighted by Gasteiger charge is -2.30. The van der Waals surface area contributed by atoms with Gasteiger partial charge in [-0.2, -0.15) is 0 Å². The smallest absolute Gasteiger partial charge is 0.410 e. The molecule has 0 fully saturated rings. The minimum atomic E-state index is -0.589. The van der Waals surface area contributed by atoms with E-state index in [-0.39, 0.29) is 24.3 Å². The molecule has 0 radical (unpaired) electrons. The lowest BCUT2D eigenvalue weighted by molar-refractivity contribution is -0.121. The molecule has 0 aliphatic rings. The van der Waals surface area contributed by atoms with E-state index in [4.69, 9.17) is 4.74 Å². The number of carbonyl (C=O) groups excluding carboxylic acids is 2. The zero-order chi connectivity index (χ0) is 18.6. The first kappa shape index (κ1) is 19.7. The second-order valence-corrected chi connectivity index (χ2v) is 9.09. The summed E-state index contributed by atoms with van der Waals surface area (Å²) in [4.78, 5) is 29.1. The van der Waals surface area contributed by atoms with Crippen molar-refractivity contribution in [2.24, 2.45) is 0 Å². The molecule has 0 N–H and O–H groups in total. The zero-order valence-corrected chi connectivity index (χ0v) is 16.9. The number of Topliss-reactive ketones (excluding diaryl/α,β-unsaturated/α-hetero) is 1. The first-order valence-corrected chi connectivity index (χ1v) is 10.0. The predicted molar refractivity (Wildman–Crippen MR) is 104 cm³/mol. The van der Waals surface area contributed by atoms with Crippen molar-refractivity contribution in [1.82, 2.24) is 4.90 Å². The number of nitrogens with zero attached hydrogens (tertiary/aromatic N) is 1. The zero-order valence-electron chi connectivity index (χ0n) is 15.3. The number of hydrogen-bond donors (Lipinski definition) is 0. The monoisotopic (exact) mass is 379 g/mol. The summed E-state index contributed by atoms with van der Waals surface area (Å²) in [6.07, 6.45) is -0.452. The van der Waals surface area contributed by atoms with Crippen LogP contribution in [0.4, 0.5) is 4.79 Å². The van der Waals surface area contributed by atoms with Gasteiger partial charge in [-0.1, -0.05) is 12.1 Å². The van der Waals surface area contributed by atoms with E-state index in [0.29, 0.717) is 0 Å². The van der Waals surface area contributed by atoms with E-state index in [2.05, 4.69) is 0 Å². The van der Waals surface area contributed by atoms with Gasteiger partial charge >= 0.3 is 6.09 Å². The van der Waals surface area contributed by atoms with Crippen LogP contribution in [0.3, 0.4) is 0 Å². The van der Waals surface area contributed by atoms with Gasteiger partial charge in [-0.3, -0.25) is 9.69 Å². The Labute approximate surface area is 157 Å². The molecule has 2 heterocycles. The van der Waals surface area contributed by atoms with Crippen molar-refractivity contribution >= 4 is 34.6 Å². The van der Waals surface area contributed by atoms with Crippen molar-refractivity contribution in [3.8, 4) is 0 Å². The van der Waals surface area contributed by atoms with Gasteiger partial charge in [-0.25, -0.2) is 4.79 Å². The molecule has 0 saturated carbocycles. The molecule has 0 aromatic carbocycles. The van der Waals surface area contributed by atoms with E-state index in [1.165, 1.54) is 4.90 Å². The number of amides is 1. The molecule has 0 saturated heterocycles. The lowest BCUT2D eigenvalue weighted by Crippen LogP contribution is -2.44. The average Bonchev–Trinajstić information content (AvgIpc) is 3.16. The van der Waals surface area contributed by atoms with E-state index in [9.17, 15) is 9.59 Å². The van der Waals surface area contributed by atoms with E-state index >= 15 is 0 Å². The van der Waals surface area contributed by atoms with Gasteiger partial charge in [-0.15, -0.1) is 22.7 Å². The maximum Gasteiger partial charge on any atom is 0.410 e. The molecule has 0 bridgehead atoms. The van der Waals surface area contributed by atoms with Gasteiger partial charge in [0.1, 0.15) is 5.60 Å². The molecule has 2 aromatic heterocycles. The van der Waals surface area contributed by atoms with Gasteiger partial charge in [0.2, 0.25) is 0 Å². The molecular formula is C19H25NO3S2. The fourth-order valence-corrected chi connectivity index (χ4v) is 4.21. The summed E-state index contributed by atoms with van der Waals surface area (Å²) in [7, 11) is 0. The van der Waals surface area contributed by atoms with E-state index in [1.54, 1.807) is 22.7 Å². The molecule has 136 valence electrons. The van der Waals surface area contributed by atoms with Crippen LogP contribution in [0.1, 0.15) is 50.3 Å². The Balaban J connectivity index is 2.22. The molecule has 0 spiro atoms. The van der Waals surface area contributed by atoms with Crippen molar-refractivity contribution in [3.63, 3.8) is 0 Å². The maximum absolute atomic E-state index is 13.1. The lowest BCUT2D eigenvalue weighted by atomic mass is 9.99. The molecule has 6 heteroatoms. The van der Waals surface area contributed by atoms with Crippen LogP contribution in [0.25, 0.3) is 0 Å². The molecule has 2 aromatic rings. The molecule has 0 aliphatic heterocycles. The summed E-state index contributed by atoms with van der Waals surface area (Å²) in [5, 5.41) is 3.94. The van der Waals surface area contributed by atoms with Gasteiger partial charge in [0.05, 0.1) is 12.5 Å². The number of rotatable bonds is 6. The fraction of sp³-hybridized carbons (Fsp3) is 0.474. The second-order valence-electron chi connectivity index (χ2n) is 7.13. The van der Waals surface area contributed by atoms with Crippen LogP contribution in [0.2, 0.25) is 0 Å². The summed E-state index contributed by atoms with van der Waals surface area (Å²) in [5.41, 5.74) is -0.589. The fourth-order valence-electron chi connectivity index (χ4n) is 2.41. The van der Waals surface area contributed by atoms with Gasteiger partial charge < -0.3 is 4.74 Å². The first-order chi connectivity index (χ1) is 11.7. The van der Waals surface area contributed by atoms with Crippen molar-refractivity contribution in [2.45, 2.75) is 52.2 Å². The minimum Gasteiger partial charge on any atom is -0.444 e. The Bertz CT molecular complexity index is 651. The summed E-state index contributed by atoms with van der Waals surface area (Å²) in [6, 6.07) is 7.72. The topological polar surface area (TPSA) is 46.6 Å². The Morgan fingerprint density at radius 1 is 1.08 bits per heavy atom. The maximum atomic E-state index is 13.1. The van der Waals surface area contributed by atoms with Crippen LogP contribution in [-0.4, -0.2) is 35.0 Å². The molecule has 1 amide bonds. The highest BCUT2D eigenvalue weighted by Gasteiger charge is 2.31. The highest BCUT2D eigenvalue weighted by molar-refractivity contribution is 7.12. The Morgan fingerprint density at radius 3 is 1.96 bits per heavy atom. The number of ketones is 1. The van der Waals surface area contributed by atoms with E-state index in [1.807, 2.05) is 69.6 Å².